The van der Waals surface area contributed by atoms with E-state index in [0.29, 0.717) is 13.2 Å². The highest BCUT2D eigenvalue weighted by Crippen LogP contribution is 2.19. The van der Waals surface area contributed by atoms with Crippen LogP contribution in [0.3, 0.4) is 0 Å². The molecule has 0 aliphatic carbocycles. The molecule has 110 valence electrons. The fourth-order valence-corrected chi connectivity index (χ4v) is 1.71. The second kappa shape index (κ2) is 11.2. The number of hydrogen-bond donors (Lipinski definition) is 0. The van der Waals surface area contributed by atoms with Gasteiger partial charge in [0.15, 0.2) is 0 Å². The molecule has 0 unspecified atom stereocenters. The van der Waals surface area contributed by atoms with Gasteiger partial charge in [-0.25, -0.2) is 0 Å². The van der Waals surface area contributed by atoms with E-state index >= 15 is 0 Å². The van der Waals surface area contributed by atoms with Gasteiger partial charge < -0.3 is 9.47 Å². The Labute approximate surface area is 123 Å². The van der Waals surface area contributed by atoms with Crippen molar-refractivity contribution in [2.24, 2.45) is 0 Å². The van der Waals surface area contributed by atoms with E-state index in [1.54, 1.807) is 0 Å². The van der Waals surface area contributed by atoms with Crippen LogP contribution in [-0.2, 0) is 0 Å². The summed E-state index contributed by atoms with van der Waals surface area (Å²) in [6.07, 6.45) is 12.7. The summed E-state index contributed by atoms with van der Waals surface area (Å²) >= 11 is 0. The Morgan fingerprint density at radius 3 is 1.75 bits per heavy atom. The van der Waals surface area contributed by atoms with E-state index in [9.17, 15) is 0 Å². The van der Waals surface area contributed by atoms with Gasteiger partial charge >= 0.3 is 0 Å². The number of rotatable bonds is 10. The summed E-state index contributed by atoms with van der Waals surface area (Å²) in [7, 11) is 0. The van der Waals surface area contributed by atoms with Crippen LogP contribution < -0.4 is 9.47 Å². The molecule has 0 spiro atoms. The van der Waals surface area contributed by atoms with Gasteiger partial charge in [0.25, 0.3) is 0 Å². The summed E-state index contributed by atoms with van der Waals surface area (Å²) < 4.78 is 11.4. The monoisotopic (exact) mass is 274 g/mol. The van der Waals surface area contributed by atoms with Crippen molar-refractivity contribution in [3.05, 3.63) is 48.6 Å². The molecule has 0 N–H and O–H groups in total. The van der Waals surface area contributed by atoms with Gasteiger partial charge in [0, 0.05) is 6.07 Å². The lowest BCUT2D eigenvalue weighted by atomic mass is 10.3. The number of allylic oxidation sites excluding steroid dienone is 2. The highest BCUT2D eigenvalue weighted by atomic mass is 16.5. The van der Waals surface area contributed by atoms with Gasteiger partial charge in [-0.3, -0.25) is 0 Å². The Morgan fingerprint density at radius 2 is 1.30 bits per heavy atom. The van der Waals surface area contributed by atoms with E-state index in [4.69, 9.17) is 9.47 Å². The molecule has 0 aliphatic heterocycles. The standard InChI is InChI=1S/C18H26O2/c1-3-5-7-9-14-19-17-12-11-13-18(16-17)20-15-10-8-6-4-2/h5-8,11-13,16H,3-4,9-10,14-15H2,1-2H3/b7-5+,8-6+. The number of benzene rings is 1. The summed E-state index contributed by atoms with van der Waals surface area (Å²) in [6, 6.07) is 7.85. The van der Waals surface area contributed by atoms with Gasteiger partial charge in [-0.05, 0) is 37.8 Å². The summed E-state index contributed by atoms with van der Waals surface area (Å²) in [5.41, 5.74) is 0. The van der Waals surface area contributed by atoms with Gasteiger partial charge in [-0.1, -0.05) is 44.2 Å². The minimum Gasteiger partial charge on any atom is -0.493 e. The zero-order valence-corrected chi connectivity index (χ0v) is 12.7. The second-order valence-electron chi connectivity index (χ2n) is 4.51. The van der Waals surface area contributed by atoms with Crippen molar-refractivity contribution in [1.82, 2.24) is 0 Å². The molecule has 0 saturated heterocycles. The van der Waals surface area contributed by atoms with Crippen molar-refractivity contribution in [3.8, 4) is 11.5 Å². The summed E-state index contributed by atoms with van der Waals surface area (Å²) in [5.74, 6) is 1.74. The second-order valence-corrected chi connectivity index (χ2v) is 4.51. The van der Waals surface area contributed by atoms with E-state index in [-0.39, 0.29) is 0 Å². The van der Waals surface area contributed by atoms with Crippen LogP contribution in [0.15, 0.2) is 48.6 Å². The summed E-state index contributed by atoms with van der Waals surface area (Å²) in [4.78, 5) is 0. The zero-order chi connectivity index (χ0) is 14.5. The van der Waals surface area contributed by atoms with E-state index in [1.165, 1.54) is 0 Å². The molecule has 1 aromatic carbocycles. The molecule has 1 aromatic rings. The van der Waals surface area contributed by atoms with E-state index in [0.717, 1.165) is 37.2 Å². The third-order valence-corrected chi connectivity index (χ3v) is 2.72. The van der Waals surface area contributed by atoms with Gasteiger partial charge in [-0.15, -0.1) is 0 Å². The predicted octanol–water partition coefficient (Wildman–Crippen LogP) is 5.16. The van der Waals surface area contributed by atoms with Crippen molar-refractivity contribution in [2.45, 2.75) is 39.5 Å². The average Bonchev–Trinajstić information content (AvgIpc) is 2.47. The fourth-order valence-electron chi connectivity index (χ4n) is 1.71. The molecule has 0 amide bonds. The van der Waals surface area contributed by atoms with Crippen LogP contribution in [0.5, 0.6) is 11.5 Å². The Morgan fingerprint density at radius 1 is 0.800 bits per heavy atom. The smallest absolute Gasteiger partial charge is 0.122 e. The first-order valence-electron chi connectivity index (χ1n) is 7.52. The van der Waals surface area contributed by atoms with Gasteiger partial charge in [-0.2, -0.15) is 0 Å². The van der Waals surface area contributed by atoms with Crippen LogP contribution in [0.25, 0.3) is 0 Å². The van der Waals surface area contributed by atoms with Crippen LogP contribution in [0, 0.1) is 0 Å². The van der Waals surface area contributed by atoms with E-state index in [1.807, 2.05) is 24.3 Å². The van der Waals surface area contributed by atoms with Gasteiger partial charge in [0.05, 0.1) is 13.2 Å². The quantitative estimate of drug-likeness (QED) is 0.433. The summed E-state index contributed by atoms with van der Waals surface area (Å²) in [5, 5.41) is 0. The third-order valence-electron chi connectivity index (χ3n) is 2.72. The molecule has 0 aliphatic rings. The third kappa shape index (κ3) is 7.67. The molecule has 0 bridgehead atoms. The molecule has 0 heterocycles. The molecule has 0 radical (unpaired) electrons. The lowest BCUT2D eigenvalue weighted by Crippen LogP contribution is -1.98. The molecular formula is C18H26O2. The lowest BCUT2D eigenvalue weighted by molar-refractivity contribution is 0.308. The maximum atomic E-state index is 5.69. The van der Waals surface area contributed by atoms with E-state index < -0.39 is 0 Å². The van der Waals surface area contributed by atoms with Crippen molar-refractivity contribution >= 4 is 0 Å². The van der Waals surface area contributed by atoms with Crippen LogP contribution in [0.4, 0.5) is 0 Å². The van der Waals surface area contributed by atoms with E-state index in [2.05, 4.69) is 38.2 Å². The molecule has 0 aromatic heterocycles. The first-order chi connectivity index (χ1) is 9.86. The maximum Gasteiger partial charge on any atom is 0.122 e. The van der Waals surface area contributed by atoms with Crippen LogP contribution in [-0.4, -0.2) is 13.2 Å². The van der Waals surface area contributed by atoms with Gasteiger partial charge in [0.1, 0.15) is 11.5 Å². The molecule has 0 saturated carbocycles. The Hall–Kier alpha value is -1.70. The Balaban J connectivity index is 2.29. The maximum absolute atomic E-state index is 5.69. The van der Waals surface area contributed by atoms with Crippen molar-refractivity contribution in [3.63, 3.8) is 0 Å². The van der Waals surface area contributed by atoms with Crippen LogP contribution in [0.1, 0.15) is 39.5 Å². The van der Waals surface area contributed by atoms with Crippen molar-refractivity contribution < 1.29 is 9.47 Å². The summed E-state index contributed by atoms with van der Waals surface area (Å²) in [6.45, 7) is 5.68. The first kappa shape index (κ1) is 16.4. The van der Waals surface area contributed by atoms with Gasteiger partial charge in [0.2, 0.25) is 0 Å². The molecule has 20 heavy (non-hydrogen) atoms. The van der Waals surface area contributed by atoms with Crippen molar-refractivity contribution in [2.75, 3.05) is 13.2 Å². The molecule has 2 nitrogen and oxygen atoms in total. The lowest BCUT2D eigenvalue weighted by Gasteiger charge is -2.08. The average molecular weight is 274 g/mol. The highest BCUT2D eigenvalue weighted by Gasteiger charge is 1.97. The normalized spacial score (nSPS) is 11.3. The number of ether oxygens (including phenoxy) is 2. The SMILES string of the molecule is CC/C=C/CCOc1cccc(OCC/C=C/CC)c1. The fraction of sp³-hybridized carbons (Fsp3) is 0.444. The largest absolute Gasteiger partial charge is 0.493 e. The topological polar surface area (TPSA) is 18.5 Å². The van der Waals surface area contributed by atoms with Crippen LogP contribution >= 0.6 is 0 Å². The zero-order valence-electron chi connectivity index (χ0n) is 12.7. The predicted molar refractivity (Wildman–Crippen MR) is 85.5 cm³/mol. The minimum absolute atomic E-state index is 0.708. The molecule has 1 rings (SSSR count). The number of hydrogen-bond acceptors (Lipinski definition) is 2. The molecule has 0 fully saturated rings. The first-order valence-corrected chi connectivity index (χ1v) is 7.52. The molecular weight excluding hydrogens is 248 g/mol. The minimum atomic E-state index is 0.708. The van der Waals surface area contributed by atoms with Crippen molar-refractivity contribution in [1.29, 1.82) is 0 Å². The Kier molecular flexibility index (Phi) is 9.12. The Bertz CT molecular complexity index is 372. The molecule has 0 atom stereocenters. The highest BCUT2D eigenvalue weighted by molar-refractivity contribution is 5.32. The molecule has 2 heteroatoms. The van der Waals surface area contributed by atoms with Crippen LogP contribution in [0.2, 0.25) is 0 Å².